The predicted octanol–water partition coefficient (Wildman–Crippen LogP) is 2.94. The van der Waals surface area contributed by atoms with Crippen LogP contribution in [-0.2, 0) is 0 Å². The molecule has 94 valence electrons. The van der Waals surface area contributed by atoms with Gasteiger partial charge in [0.25, 0.3) is 0 Å². The summed E-state index contributed by atoms with van der Waals surface area (Å²) >= 11 is 6.10. The van der Waals surface area contributed by atoms with E-state index in [9.17, 15) is 0 Å². The van der Waals surface area contributed by atoms with E-state index in [4.69, 9.17) is 11.6 Å². The van der Waals surface area contributed by atoms with Crippen LogP contribution >= 0.6 is 11.6 Å². The van der Waals surface area contributed by atoms with Crippen LogP contribution in [0, 0.1) is 5.92 Å². The summed E-state index contributed by atoms with van der Waals surface area (Å²) in [5, 5.41) is 4.15. The highest BCUT2D eigenvalue weighted by Crippen LogP contribution is 2.37. The van der Waals surface area contributed by atoms with Gasteiger partial charge >= 0.3 is 0 Å². The average Bonchev–Trinajstić information content (AvgIpc) is 2.72. The van der Waals surface area contributed by atoms with Crippen molar-refractivity contribution in [1.29, 1.82) is 0 Å². The van der Waals surface area contributed by atoms with Crippen LogP contribution in [0.2, 0.25) is 5.02 Å². The van der Waals surface area contributed by atoms with Crippen LogP contribution in [0.15, 0.2) is 24.3 Å². The Hall–Kier alpha value is -0.570. The summed E-state index contributed by atoms with van der Waals surface area (Å²) in [6.45, 7) is 5.62. The molecule has 0 aliphatic carbocycles. The van der Waals surface area contributed by atoms with Gasteiger partial charge in [-0.1, -0.05) is 30.7 Å². The Balaban J connectivity index is 2.24. The summed E-state index contributed by atoms with van der Waals surface area (Å²) < 4.78 is 0. The average molecular weight is 253 g/mol. The van der Waals surface area contributed by atoms with Gasteiger partial charge in [-0.05, 0) is 56.7 Å². The first kappa shape index (κ1) is 12.9. The Bertz CT molecular complexity index is 367. The fourth-order valence-electron chi connectivity index (χ4n) is 2.93. The van der Waals surface area contributed by atoms with Gasteiger partial charge in [0.1, 0.15) is 0 Å². The van der Waals surface area contributed by atoms with Crippen LogP contribution in [0.4, 0.5) is 0 Å². The van der Waals surface area contributed by atoms with Gasteiger partial charge < -0.3 is 5.32 Å². The lowest BCUT2D eigenvalue weighted by Crippen LogP contribution is -2.29. The molecule has 1 aromatic rings. The van der Waals surface area contributed by atoms with Gasteiger partial charge in [-0.3, -0.25) is 4.90 Å². The quantitative estimate of drug-likeness (QED) is 0.887. The molecule has 0 amide bonds. The molecule has 0 aromatic heterocycles. The van der Waals surface area contributed by atoms with E-state index >= 15 is 0 Å². The minimum absolute atomic E-state index is 0.520. The Labute approximate surface area is 109 Å². The van der Waals surface area contributed by atoms with E-state index in [-0.39, 0.29) is 0 Å². The monoisotopic (exact) mass is 252 g/mol. The van der Waals surface area contributed by atoms with Gasteiger partial charge in [0.15, 0.2) is 0 Å². The van der Waals surface area contributed by atoms with Crippen molar-refractivity contribution >= 4 is 11.6 Å². The summed E-state index contributed by atoms with van der Waals surface area (Å²) in [6, 6.07) is 8.84. The summed E-state index contributed by atoms with van der Waals surface area (Å²) in [5.41, 5.74) is 1.36. The number of hydrogen-bond donors (Lipinski definition) is 1. The van der Waals surface area contributed by atoms with Crippen molar-refractivity contribution in [3.8, 4) is 0 Å². The molecule has 1 N–H and O–H groups in total. The molecule has 1 aliphatic heterocycles. The number of benzene rings is 1. The minimum Gasteiger partial charge on any atom is -0.319 e. The first-order valence-corrected chi connectivity index (χ1v) is 6.78. The fourth-order valence-corrected chi connectivity index (χ4v) is 3.13. The third-order valence-electron chi connectivity index (χ3n) is 3.69. The second kappa shape index (κ2) is 5.85. The van der Waals surface area contributed by atoms with Crippen molar-refractivity contribution in [3.63, 3.8) is 0 Å². The highest BCUT2D eigenvalue weighted by Gasteiger charge is 2.33. The Morgan fingerprint density at radius 2 is 2.29 bits per heavy atom. The maximum absolute atomic E-state index is 6.10. The zero-order valence-electron chi connectivity index (χ0n) is 10.6. The van der Waals surface area contributed by atoms with Gasteiger partial charge in [0.2, 0.25) is 0 Å². The van der Waals surface area contributed by atoms with E-state index in [0.29, 0.717) is 12.0 Å². The highest BCUT2D eigenvalue weighted by molar-refractivity contribution is 6.30. The predicted molar refractivity (Wildman–Crippen MR) is 73.5 cm³/mol. The summed E-state index contributed by atoms with van der Waals surface area (Å²) in [6.07, 6.45) is 1.27. The minimum atomic E-state index is 0.520. The SMILES string of the molecule is CCN1CCC(CNC)C1c1cccc(Cl)c1. The second-order valence-electron chi connectivity index (χ2n) is 4.73. The molecule has 2 nitrogen and oxygen atoms in total. The molecular formula is C14H21ClN2. The van der Waals surface area contributed by atoms with Crippen molar-refractivity contribution in [3.05, 3.63) is 34.9 Å². The molecule has 1 heterocycles. The fraction of sp³-hybridized carbons (Fsp3) is 0.571. The van der Waals surface area contributed by atoms with Crippen LogP contribution in [0.25, 0.3) is 0 Å². The number of halogens is 1. The molecule has 0 saturated carbocycles. The van der Waals surface area contributed by atoms with Crippen LogP contribution < -0.4 is 5.32 Å². The van der Waals surface area contributed by atoms with Crippen LogP contribution in [-0.4, -0.2) is 31.6 Å². The Kier molecular flexibility index (Phi) is 4.43. The van der Waals surface area contributed by atoms with E-state index in [1.165, 1.54) is 18.5 Å². The van der Waals surface area contributed by atoms with Gasteiger partial charge in [0, 0.05) is 11.1 Å². The Morgan fingerprint density at radius 3 is 2.94 bits per heavy atom. The summed E-state index contributed by atoms with van der Waals surface area (Å²) in [5.74, 6) is 0.693. The largest absolute Gasteiger partial charge is 0.319 e. The number of likely N-dealkylation sites (tertiary alicyclic amines) is 1. The van der Waals surface area contributed by atoms with Crippen molar-refractivity contribution in [2.45, 2.75) is 19.4 Å². The molecule has 2 unspecified atom stereocenters. The number of rotatable bonds is 4. The smallest absolute Gasteiger partial charge is 0.0409 e. The third-order valence-corrected chi connectivity index (χ3v) is 3.92. The first-order valence-electron chi connectivity index (χ1n) is 6.40. The van der Waals surface area contributed by atoms with Crippen molar-refractivity contribution in [2.75, 3.05) is 26.7 Å². The zero-order chi connectivity index (χ0) is 12.3. The van der Waals surface area contributed by atoms with Crippen molar-refractivity contribution in [2.24, 2.45) is 5.92 Å². The molecule has 2 rings (SSSR count). The molecular weight excluding hydrogens is 232 g/mol. The topological polar surface area (TPSA) is 15.3 Å². The van der Waals surface area contributed by atoms with E-state index < -0.39 is 0 Å². The second-order valence-corrected chi connectivity index (χ2v) is 5.17. The molecule has 1 fully saturated rings. The molecule has 2 atom stereocenters. The third kappa shape index (κ3) is 2.82. The van der Waals surface area contributed by atoms with Crippen molar-refractivity contribution in [1.82, 2.24) is 10.2 Å². The number of nitrogens with zero attached hydrogens (tertiary/aromatic N) is 1. The molecule has 0 spiro atoms. The van der Waals surface area contributed by atoms with E-state index in [2.05, 4.69) is 35.3 Å². The lowest BCUT2D eigenvalue weighted by atomic mass is 9.93. The Morgan fingerprint density at radius 1 is 1.47 bits per heavy atom. The number of nitrogens with one attached hydrogen (secondary N) is 1. The van der Waals surface area contributed by atoms with Crippen molar-refractivity contribution < 1.29 is 0 Å². The molecule has 3 heteroatoms. The highest BCUT2D eigenvalue weighted by atomic mass is 35.5. The standard InChI is InChI=1S/C14H21ClN2/c1-3-17-8-7-12(10-16-2)14(17)11-5-4-6-13(15)9-11/h4-6,9,12,14,16H,3,7-8,10H2,1-2H3. The van der Waals surface area contributed by atoms with Gasteiger partial charge in [0.05, 0.1) is 0 Å². The van der Waals surface area contributed by atoms with Crippen LogP contribution in [0.3, 0.4) is 0 Å². The molecule has 1 aromatic carbocycles. The van der Waals surface area contributed by atoms with E-state index in [1.807, 2.05) is 13.1 Å². The lowest BCUT2D eigenvalue weighted by molar-refractivity contribution is 0.238. The first-order chi connectivity index (χ1) is 8.26. The summed E-state index contributed by atoms with van der Waals surface area (Å²) in [4.78, 5) is 2.55. The maximum atomic E-state index is 6.10. The summed E-state index contributed by atoms with van der Waals surface area (Å²) in [7, 11) is 2.03. The molecule has 17 heavy (non-hydrogen) atoms. The normalized spacial score (nSPS) is 25.4. The molecule has 1 aliphatic rings. The lowest BCUT2D eigenvalue weighted by Gasteiger charge is -2.27. The van der Waals surface area contributed by atoms with Crippen LogP contribution in [0.1, 0.15) is 24.9 Å². The van der Waals surface area contributed by atoms with E-state index in [0.717, 1.165) is 18.1 Å². The molecule has 0 bridgehead atoms. The zero-order valence-corrected chi connectivity index (χ0v) is 11.4. The van der Waals surface area contributed by atoms with E-state index in [1.54, 1.807) is 0 Å². The maximum Gasteiger partial charge on any atom is 0.0409 e. The van der Waals surface area contributed by atoms with Gasteiger partial charge in [-0.15, -0.1) is 0 Å². The van der Waals surface area contributed by atoms with Gasteiger partial charge in [-0.2, -0.15) is 0 Å². The van der Waals surface area contributed by atoms with Gasteiger partial charge in [-0.25, -0.2) is 0 Å². The number of hydrogen-bond acceptors (Lipinski definition) is 2. The molecule has 1 saturated heterocycles. The molecule has 0 radical (unpaired) electrons. The van der Waals surface area contributed by atoms with Crippen LogP contribution in [0.5, 0.6) is 0 Å².